The summed E-state index contributed by atoms with van der Waals surface area (Å²) in [6, 6.07) is 7.93. The predicted molar refractivity (Wildman–Crippen MR) is 82.1 cm³/mol. The van der Waals surface area contributed by atoms with Gasteiger partial charge in [-0.3, -0.25) is 9.69 Å². The number of unbranched alkanes of at least 4 members (excludes halogenated alkanes) is 1. The second-order valence-corrected chi connectivity index (χ2v) is 5.04. The number of rotatable bonds is 9. The molecule has 112 valence electrons. The maximum atomic E-state index is 11.7. The number of carbonyl (C=O) groups is 1. The number of nitrogens with zero attached hydrogens (tertiary/aromatic N) is 1. The number of methoxy groups -OCH3 is 1. The van der Waals surface area contributed by atoms with Gasteiger partial charge in [0.25, 0.3) is 0 Å². The summed E-state index contributed by atoms with van der Waals surface area (Å²) in [6.45, 7) is 4.28. The quantitative estimate of drug-likeness (QED) is 0.752. The van der Waals surface area contributed by atoms with Crippen molar-refractivity contribution in [3.63, 3.8) is 0 Å². The van der Waals surface area contributed by atoms with Crippen LogP contribution in [0.4, 0.5) is 0 Å². The SMILES string of the molecule is CCCCN(C)CC(=O)NCCc1ccc(OC)cc1. The summed E-state index contributed by atoms with van der Waals surface area (Å²) in [5, 5.41) is 2.96. The van der Waals surface area contributed by atoms with Crippen molar-refractivity contribution in [2.24, 2.45) is 0 Å². The highest BCUT2D eigenvalue weighted by Crippen LogP contribution is 2.11. The summed E-state index contributed by atoms with van der Waals surface area (Å²) in [7, 11) is 3.64. The van der Waals surface area contributed by atoms with Crippen molar-refractivity contribution in [3.8, 4) is 5.75 Å². The zero-order valence-electron chi connectivity index (χ0n) is 12.8. The maximum absolute atomic E-state index is 11.7. The molecule has 4 heteroatoms. The number of carbonyl (C=O) groups excluding carboxylic acids is 1. The third-order valence-electron chi connectivity index (χ3n) is 3.20. The van der Waals surface area contributed by atoms with Gasteiger partial charge < -0.3 is 10.1 Å². The van der Waals surface area contributed by atoms with Gasteiger partial charge in [-0.15, -0.1) is 0 Å². The highest BCUT2D eigenvalue weighted by Gasteiger charge is 2.05. The van der Waals surface area contributed by atoms with Crippen LogP contribution in [0, 0.1) is 0 Å². The summed E-state index contributed by atoms with van der Waals surface area (Å²) in [4.78, 5) is 13.8. The zero-order valence-corrected chi connectivity index (χ0v) is 12.8. The molecule has 1 N–H and O–H groups in total. The van der Waals surface area contributed by atoms with Crippen molar-refractivity contribution >= 4 is 5.91 Å². The second kappa shape index (κ2) is 9.37. The van der Waals surface area contributed by atoms with Crippen LogP contribution in [0.25, 0.3) is 0 Å². The minimum atomic E-state index is 0.0946. The monoisotopic (exact) mass is 278 g/mol. The van der Waals surface area contributed by atoms with E-state index in [0.717, 1.165) is 31.6 Å². The number of likely N-dealkylation sites (N-methyl/N-ethyl adjacent to an activating group) is 1. The van der Waals surface area contributed by atoms with Crippen molar-refractivity contribution in [3.05, 3.63) is 29.8 Å². The maximum Gasteiger partial charge on any atom is 0.234 e. The van der Waals surface area contributed by atoms with Gasteiger partial charge in [0.05, 0.1) is 13.7 Å². The topological polar surface area (TPSA) is 41.6 Å². The minimum absolute atomic E-state index is 0.0946. The van der Waals surface area contributed by atoms with Crippen LogP contribution < -0.4 is 10.1 Å². The van der Waals surface area contributed by atoms with E-state index in [4.69, 9.17) is 4.74 Å². The summed E-state index contributed by atoms with van der Waals surface area (Å²) in [5.74, 6) is 0.951. The van der Waals surface area contributed by atoms with Crippen molar-refractivity contribution in [2.75, 3.05) is 33.8 Å². The van der Waals surface area contributed by atoms with Crippen molar-refractivity contribution in [1.29, 1.82) is 0 Å². The Kier molecular flexibility index (Phi) is 7.73. The fraction of sp³-hybridized carbons (Fsp3) is 0.562. The first kappa shape index (κ1) is 16.5. The molecule has 0 aromatic heterocycles. The summed E-state index contributed by atoms with van der Waals surface area (Å²) in [5.41, 5.74) is 1.20. The van der Waals surface area contributed by atoms with Gasteiger partial charge in [-0.05, 0) is 44.1 Å². The van der Waals surface area contributed by atoms with E-state index in [9.17, 15) is 4.79 Å². The second-order valence-electron chi connectivity index (χ2n) is 5.04. The fourth-order valence-electron chi connectivity index (χ4n) is 1.95. The summed E-state index contributed by atoms with van der Waals surface area (Å²) in [6.07, 6.45) is 3.13. The molecule has 20 heavy (non-hydrogen) atoms. The van der Waals surface area contributed by atoms with Gasteiger partial charge in [-0.1, -0.05) is 25.5 Å². The largest absolute Gasteiger partial charge is 0.497 e. The lowest BCUT2D eigenvalue weighted by Gasteiger charge is -2.15. The van der Waals surface area contributed by atoms with E-state index in [2.05, 4.69) is 17.1 Å². The minimum Gasteiger partial charge on any atom is -0.497 e. The van der Waals surface area contributed by atoms with E-state index in [0.29, 0.717) is 13.1 Å². The highest BCUT2D eigenvalue weighted by molar-refractivity contribution is 5.77. The molecule has 0 atom stereocenters. The Bertz CT molecular complexity index is 390. The molecule has 0 saturated heterocycles. The van der Waals surface area contributed by atoms with Gasteiger partial charge in [0.15, 0.2) is 0 Å². The number of nitrogens with one attached hydrogen (secondary N) is 1. The molecule has 0 unspecified atom stereocenters. The average molecular weight is 278 g/mol. The van der Waals surface area contributed by atoms with Crippen LogP contribution >= 0.6 is 0 Å². The van der Waals surface area contributed by atoms with Crippen LogP contribution in [0.5, 0.6) is 5.75 Å². The Balaban J connectivity index is 2.20. The molecule has 4 nitrogen and oxygen atoms in total. The lowest BCUT2D eigenvalue weighted by Crippen LogP contribution is -2.36. The Labute approximate surface area is 122 Å². The highest BCUT2D eigenvalue weighted by atomic mass is 16.5. The number of ether oxygens (including phenoxy) is 1. The molecule has 0 heterocycles. The van der Waals surface area contributed by atoms with E-state index in [-0.39, 0.29) is 5.91 Å². The van der Waals surface area contributed by atoms with E-state index >= 15 is 0 Å². The lowest BCUT2D eigenvalue weighted by atomic mass is 10.1. The number of hydrogen-bond donors (Lipinski definition) is 1. The molecular formula is C16H26N2O2. The first-order valence-electron chi connectivity index (χ1n) is 7.24. The first-order chi connectivity index (χ1) is 9.65. The summed E-state index contributed by atoms with van der Waals surface area (Å²) >= 11 is 0. The Morgan fingerprint density at radius 2 is 2.00 bits per heavy atom. The van der Waals surface area contributed by atoms with Crippen molar-refractivity contribution in [1.82, 2.24) is 10.2 Å². The van der Waals surface area contributed by atoms with Gasteiger partial charge in [-0.2, -0.15) is 0 Å². The predicted octanol–water partition coefficient (Wildman–Crippen LogP) is 2.09. The Morgan fingerprint density at radius 3 is 2.60 bits per heavy atom. The van der Waals surface area contributed by atoms with Crippen molar-refractivity contribution in [2.45, 2.75) is 26.2 Å². The van der Waals surface area contributed by atoms with Crippen LogP contribution in [0.2, 0.25) is 0 Å². The van der Waals surface area contributed by atoms with Crippen LogP contribution in [0.15, 0.2) is 24.3 Å². The number of hydrogen-bond acceptors (Lipinski definition) is 3. The molecule has 1 aromatic carbocycles. The van der Waals surface area contributed by atoms with Gasteiger partial charge in [0, 0.05) is 6.54 Å². The molecule has 1 aromatic rings. The van der Waals surface area contributed by atoms with Gasteiger partial charge >= 0.3 is 0 Å². The third kappa shape index (κ3) is 6.57. The summed E-state index contributed by atoms with van der Waals surface area (Å²) < 4.78 is 5.11. The Hall–Kier alpha value is -1.55. The van der Waals surface area contributed by atoms with Crippen LogP contribution in [-0.2, 0) is 11.2 Å². The average Bonchev–Trinajstić information content (AvgIpc) is 2.45. The molecular weight excluding hydrogens is 252 g/mol. The van der Waals surface area contributed by atoms with E-state index in [1.807, 2.05) is 31.3 Å². The molecule has 0 radical (unpaired) electrons. The van der Waals surface area contributed by atoms with Crippen LogP contribution in [0.3, 0.4) is 0 Å². The van der Waals surface area contributed by atoms with Gasteiger partial charge in [-0.25, -0.2) is 0 Å². The molecule has 0 saturated carbocycles. The molecule has 0 spiro atoms. The Morgan fingerprint density at radius 1 is 1.30 bits per heavy atom. The van der Waals surface area contributed by atoms with Gasteiger partial charge in [0.2, 0.25) is 5.91 Å². The van der Waals surface area contributed by atoms with E-state index < -0.39 is 0 Å². The molecule has 0 aliphatic carbocycles. The molecule has 1 rings (SSSR count). The number of amides is 1. The molecule has 0 aliphatic heterocycles. The normalized spacial score (nSPS) is 10.6. The fourth-order valence-corrected chi connectivity index (χ4v) is 1.95. The van der Waals surface area contributed by atoms with E-state index in [1.165, 1.54) is 5.56 Å². The molecule has 0 bridgehead atoms. The third-order valence-corrected chi connectivity index (χ3v) is 3.20. The lowest BCUT2D eigenvalue weighted by molar-refractivity contribution is -0.121. The van der Waals surface area contributed by atoms with Crippen LogP contribution in [0.1, 0.15) is 25.3 Å². The zero-order chi connectivity index (χ0) is 14.8. The molecule has 0 fully saturated rings. The number of benzene rings is 1. The van der Waals surface area contributed by atoms with Gasteiger partial charge in [0.1, 0.15) is 5.75 Å². The smallest absolute Gasteiger partial charge is 0.234 e. The first-order valence-corrected chi connectivity index (χ1v) is 7.24. The molecule has 0 aliphatic rings. The molecule has 1 amide bonds. The van der Waals surface area contributed by atoms with Crippen molar-refractivity contribution < 1.29 is 9.53 Å². The van der Waals surface area contributed by atoms with E-state index in [1.54, 1.807) is 7.11 Å². The van der Waals surface area contributed by atoms with Crippen LogP contribution in [-0.4, -0.2) is 44.6 Å². The standard InChI is InChI=1S/C16H26N2O2/c1-4-5-12-18(2)13-16(19)17-11-10-14-6-8-15(20-3)9-7-14/h6-9H,4-5,10-13H2,1-3H3,(H,17,19).